The molecule has 0 aliphatic carbocycles. The Bertz CT molecular complexity index is 1550. The van der Waals surface area contributed by atoms with Crippen molar-refractivity contribution in [2.45, 2.75) is 19.0 Å². The first-order valence-electron chi connectivity index (χ1n) is 12.0. The van der Waals surface area contributed by atoms with E-state index in [4.69, 9.17) is 15.2 Å². The lowest BCUT2D eigenvalue weighted by Gasteiger charge is -2.11. The third kappa shape index (κ3) is 5.82. The summed E-state index contributed by atoms with van der Waals surface area (Å²) >= 11 is 1.48. The highest BCUT2D eigenvalue weighted by molar-refractivity contribution is 7.22. The normalized spacial score (nSPS) is 11.9. The van der Waals surface area contributed by atoms with E-state index in [1.165, 1.54) is 17.4 Å². The Morgan fingerprint density at radius 1 is 1.16 bits per heavy atom. The molecule has 0 saturated heterocycles. The molecule has 0 spiro atoms. The van der Waals surface area contributed by atoms with Gasteiger partial charge in [0.1, 0.15) is 18.4 Å². The Labute approximate surface area is 222 Å². The molecule has 0 aliphatic heterocycles. The zero-order chi connectivity index (χ0) is 26.5. The Hall–Kier alpha value is -4.28. The lowest BCUT2D eigenvalue weighted by atomic mass is 10.1. The van der Waals surface area contributed by atoms with E-state index in [0.717, 1.165) is 26.2 Å². The van der Waals surface area contributed by atoms with Gasteiger partial charge in [-0.3, -0.25) is 14.5 Å². The molecule has 8 nitrogen and oxygen atoms in total. The Balaban J connectivity index is 1.22. The zero-order valence-electron chi connectivity index (χ0n) is 20.6. The number of carbonyl (C=O) groups excluding carboxylic acids is 1. The van der Waals surface area contributed by atoms with E-state index in [1.807, 2.05) is 42.6 Å². The van der Waals surface area contributed by atoms with Crippen LogP contribution in [0.25, 0.3) is 20.7 Å². The number of hydrogen-bond acceptors (Lipinski definition) is 8. The van der Waals surface area contributed by atoms with Crippen LogP contribution in [0, 0.1) is 5.82 Å². The SMILES string of the molecule is CNc1ccc(Oc2ccnc3cc(-c4cnn(CCOC(=O)C(N)Cc5ccccc5)c4)sc23)c(F)c1. The summed E-state index contributed by atoms with van der Waals surface area (Å²) in [5.74, 6) is -0.242. The van der Waals surface area contributed by atoms with Crippen molar-refractivity contribution in [3.05, 3.63) is 90.6 Å². The maximum atomic E-state index is 14.5. The van der Waals surface area contributed by atoms with Gasteiger partial charge in [-0.1, -0.05) is 30.3 Å². The summed E-state index contributed by atoms with van der Waals surface area (Å²) in [6, 6.07) is 17.3. The van der Waals surface area contributed by atoms with Gasteiger partial charge in [-0.05, 0) is 30.2 Å². The minimum atomic E-state index is -0.720. The molecule has 3 aromatic heterocycles. The molecular weight excluding hydrogens is 505 g/mol. The van der Waals surface area contributed by atoms with Gasteiger partial charge in [-0.25, -0.2) is 4.39 Å². The van der Waals surface area contributed by atoms with Crippen LogP contribution in [0.1, 0.15) is 5.56 Å². The third-order valence-corrected chi connectivity index (χ3v) is 7.09. The quantitative estimate of drug-likeness (QED) is 0.237. The molecule has 0 saturated carbocycles. The number of thiophene rings is 1. The molecule has 194 valence electrons. The highest BCUT2D eigenvalue weighted by Gasteiger charge is 2.16. The third-order valence-electron chi connectivity index (χ3n) is 5.90. The first kappa shape index (κ1) is 25.4. The largest absolute Gasteiger partial charge is 0.463 e. The molecule has 1 unspecified atom stereocenters. The standard InChI is InChI=1S/C28H26FN5O3S/c1-31-20-7-8-24(21(29)14-20)37-25-9-10-32-23-15-26(38-27(23)25)19-16-33-34(17-19)11-12-36-28(35)22(30)13-18-5-3-2-4-6-18/h2-10,14-17,22,31H,11-13,30H2,1H3. The van der Waals surface area contributed by atoms with E-state index in [9.17, 15) is 9.18 Å². The van der Waals surface area contributed by atoms with Crippen LogP contribution < -0.4 is 15.8 Å². The Morgan fingerprint density at radius 3 is 2.79 bits per heavy atom. The van der Waals surface area contributed by atoms with Crippen molar-refractivity contribution < 1.29 is 18.7 Å². The number of nitrogens with zero attached hydrogens (tertiary/aromatic N) is 3. The van der Waals surface area contributed by atoms with Crippen LogP contribution in [0.2, 0.25) is 0 Å². The number of hydrogen-bond donors (Lipinski definition) is 2. The molecule has 0 aliphatic rings. The number of halogens is 1. The van der Waals surface area contributed by atoms with Crippen molar-refractivity contribution in [3.8, 4) is 21.9 Å². The molecule has 2 aromatic carbocycles. The highest BCUT2D eigenvalue weighted by Crippen LogP contribution is 2.39. The van der Waals surface area contributed by atoms with E-state index >= 15 is 0 Å². The van der Waals surface area contributed by atoms with Crippen molar-refractivity contribution in [2.75, 3.05) is 19.0 Å². The number of carbonyl (C=O) groups is 1. The predicted octanol–water partition coefficient (Wildman–Crippen LogP) is 5.25. The maximum absolute atomic E-state index is 14.5. The van der Waals surface area contributed by atoms with Crippen molar-refractivity contribution in [3.63, 3.8) is 0 Å². The number of fused-ring (bicyclic) bond motifs is 1. The summed E-state index contributed by atoms with van der Waals surface area (Å²) in [6.45, 7) is 0.551. The summed E-state index contributed by atoms with van der Waals surface area (Å²) < 4.78 is 28.2. The summed E-state index contributed by atoms with van der Waals surface area (Å²) in [7, 11) is 1.73. The maximum Gasteiger partial charge on any atom is 0.323 e. The molecule has 5 rings (SSSR count). The van der Waals surface area contributed by atoms with Gasteiger partial charge in [0, 0.05) is 47.7 Å². The van der Waals surface area contributed by atoms with Gasteiger partial charge in [-0.15, -0.1) is 11.3 Å². The molecule has 1 atom stereocenters. The first-order chi connectivity index (χ1) is 18.5. The van der Waals surface area contributed by atoms with Crippen LogP contribution in [0.15, 0.2) is 79.3 Å². The van der Waals surface area contributed by atoms with Gasteiger partial charge in [0.05, 0.1) is 23.0 Å². The van der Waals surface area contributed by atoms with Gasteiger partial charge in [0.15, 0.2) is 11.6 Å². The van der Waals surface area contributed by atoms with Crippen molar-refractivity contribution in [1.82, 2.24) is 14.8 Å². The number of benzene rings is 2. The number of aromatic nitrogens is 3. The van der Waals surface area contributed by atoms with Crippen LogP contribution in [0.4, 0.5) is 10.1 Å². The molecular formula is C28H26FN5O3S. The van der Waals surface area contributed by atoms with Gasteiger partial charge in [0.25, 0.3) is 0 Å². The topological polar surface area (TPSA) is 104 Å². The van der Waals surface area contributed by atoms with Crippen LogP contribution >= 0.6 is 11.3 Å². The van der Waals surface area contributed by atoms with Gasteiger partial charge >= 0.3 is 5.97 Å². The second kappa shape index (κ2) is 11.4. The van der Waals surface area contributed by atoms with E-state index in [1.54, 1.807) is 42.3 Å². The average molecular weight is 532 g/mol. The fourth-order valence-electron chi connectivity index (χ4n) is 3.91. The fourth-order valence-corrected chi connectivity index (χ4v) is 4.95. The van der Waals surface area contributed by atoms with Gasteiger partial charge < -0.3 is 20.5 Å². The van der Waals surface area contributed by atoms with Crippen LogP contribution in [0.3, 0.4) is 0 Å². The van der Waals surface area contributed by atoms with Crippen LogP contribution in [-0.2, 0) is 22.5 Å². The number of anilines is 1. The second-order valence-corrected chi connectivity index (χ2v) is 9.64. The minimum absolute atomic E-state index is 0.136. The molecule has 0 amide bonds. The molecule has 3 N–H and O–H groups in total. The fraction of sp³-hybridized carbons (Fsp3) is 0.179. The lowest BCUT2D eigenvalue weighted by molar-refractivity contribution is -0.145. The number of pyridine rings is 1. The average Bonchev–Trinajstić information content (AvgIpc) is 3.58. The number of nitrogens with two attached hydrogens (primary N) is 1. The smallest absolute Gasteiger partial charge is 0.323 e. The van der Waals surface area contributed by atoms with Crippen molar-refractivity contribution in [2.24, 2.45) is 5.73 Å². The Morgan fingerprint density at radius 2 is 2.00 bits per heavy atom. The van der Waals surface area contributed by atoms with E-state index in [0.29, 0.717) is 24.4 Å². The van der Waals surface area contributed by atoms with Crippen LogP contribution in [0.5, 0.6) is 11.5 Å². The number of nitrogens with one attached hydrogen (secondary N) is 1. The zero-order valence-corrected chi connectivity index (χ0v) is 21.5. The summed E-state index contributed by atoms with van der Waals surface area (Å²) in [5, 5.41) is 7.29. The second-order valence-electron chi connectivity index (χ2n) is 8.59. The summed E-state index contributed by atoms with van der Waals surface area (Å²) in [5.41, 5.74) is 9.26. The van der Waals surface area contributed by atoms with E-state index in [-0.39, 0.29) is 12.4 Å². The van der Waals surface area contributed by atoms with E-state index in [2.05, 4.69) is 15.4 Å². The minimum Gasteiger partial charge on any atom is -0.463 e. The molecule has 38 heavy (non-hydrogen) atoms. The number of esters is 1. The summed E-state index contributed by atoms with van der Waals surface area (Å²) in [6.07, 6.45) is 5.67. The summed E-state index contributed by atoms with van der Waals surface area (Å²) in [4.78, 5) is 17.6. The predicted molar refractivity (Wildman–Crippen MR) is 146 cm³/mol. The molecule has 10 heteroatoms. The lowest BCUT2D eigenvalue weighted by Crippen LogP contribution is -2.35. The highest BCUT2D eigenvalue weighted by atomic mass is 32.1. The van der Waals surface area contributed by atoms with Gasteiger partial charge in [-0.2, -0.15) is 5.10 Å². The molecule has 0 radical (unpaired) electrons. The van der Waals surface area contributed by atoms with Crippen molar-refractivity contribution >= 4 is 33.2 Å². The Kier molecular flexibility index (Phi) is 7.62. The number of ether oxygens (including phenoxy) is 2. The molecule has 0 fully saturated rings. The number of rotatable bonds is 10. The molecule has 5 aromatic rings. The molecule has 0 bridgehead atoms. The van der Waals surface area contributed by atoms with E-state index < -0.39 is 17.8 Å². The molecule has 3 heterocycles. The van der Waals surface area contributed by atoms with Crippen LogP contribution in [-0.4, -0.2) is 40.4 Å². The van der Waals surface area contributed by atoms with Gasteiger partial charge in [0.2, 0.25) is 0 Å². The monoisotopic (exact) mass is 531 g/mol. The van der Waals surface area contributed by atoms with Crippen molar-refractivity contribution in [1.29, 1.82) is 0 Å². The first-order valence-corrected chi connectivity index (χ1v) is 12.8.